The van der Waals surface area contributed by atoms with Crippen LogP contribution < -0.4 is 9.80 Å². The molecule has 0 radical (unpaired) electrons. The highest BCUT2D eigenvalue weighted by Crippen LogP contribution is 2.47. The number of fused-ring (bicyclic) bond motifs is 18. The van der Waals surface area contributed by atoms with Crippen LogP contribution in [-0.2, 0) is 0 Å². The van der Waals surface area contributed by atoms with Gasteiger partial charge in [0.1, 0.15) is 22.3 Å². The summed E-state index contributed by atoms with van der Waals surface area (Å²) in [5.74, 6) is 0. The summed E-state index contributed by atoms with van der Waals surface area (Å²) in [5.41, 5.74) is 37.9. The van der Waals surface area contributed by atoms with Crippen molar-refractivity contribution in [1.82, 2.24) is 18.3 Å². The standard InChI is InChI=1S/2C66H43N3O/c1-2-13-49(14-3-1)69-63-23-10-6-17-57(63)58-42-33-48(43-64(58)69)46-29-36-51(37-30-46)67(52-40-31-47(32-41-52)54-19-12-20-60-59-18-7-11-24-65(59)70-66(54)60)50-34-25-44(26-35-50)45-27-38-53(39-28-45)68-61-21-8-4-15-55(61)56-16-5-9-22-62(56)68;1-2-13-49(14-3-1)68-63-23-10-6-17-57(63)60-43-48(33-42-64(60)68)46-29-36-51(37-30-46)67(52-40-31-47(32-41-52)54-19-12-20-59-58-18-7-11-24-65(58)70-66(54)59)50-34-25-44(26-35-50)45-27-38-53(39-28-45)69-61-21-8-4-15-55(61)56-16-5-9-22-62(56)69/h2*1-43H. The number of nitrogens with zero attached hydrogens (tertiary/aromatic N) is 6. The number of rotatable bonds is 16. The van der Waals surface area contributed by atoms with E-state index in [0.717, 1.165) is 145 Å². The fraction of sp³-hybridized carbons (Fsp3) is 0. The van der Waals surface area contributed by atoms with Gasteiger partial charge in [0.25, 0.3) is 0 Å². The number of benzene rings is 22. The van der Waals surface area contributed by atoms with Gasteiger partial charge in [-0.1, -0.05) is 334 Å². The molecule has 8 nitrogen and oxygen atoms in total. The van der Waals surface area contributed by atoms with E-state index in [1.807, 2.05) is 24.3 Å². The van der Waals surface area contributed by atoms with Crippen LogP contribution in [0.2, 0.25) is 0 Å². The van der Waals surface area contributed by atoms with Gasteiger partial charge in [-0.25, -0.2) is 0 Å². The molecular weight excluding hydrogens is 1700 g/mol. The molecule has 0 unspecified atom stereocenters. The Kier molecular flexibility index (Phi) is 19.5. The molecule has 8 heteroatoms. The van der Waals surface area contributed by atoms with Gasteiger partial charge in [-0.15, -0.1) is 0 Å². The number of hydrogen-bond acceptors (Lipinski definition) is 4. The van der Waals surface area contributed by atoms with E-state index in [9.17, 15) is 0 Å². The molecular formula is C132H86N6O2. The van der Waals surface area contributed by atoms with E-state index in [4.69, 9.17) is 8.83 Å². The lowest BCUT2D eigenvalue weighted by Crippen LogP contribution is -2.09. The Morgan fingerprint density at radius 3 is 0.707 bits per heavy atom. The second-order valence-electron chi connectivity index (χ2n) is 36.2. The molecule has 0 aliphatic carbocycles. The normalized spacial score (nSPS) is 11.7. The van der Waals surface area contributed by atoms with Crippen molar-refractivity contribution in [2.75, 3.05) is 9.80 Å². The van der Waals surface area contributed by atoms with Crippen molar-refractivity contribution in [1.29, 1.82) is 0 Å². The summed E-state index contributed by atoms with van der Waals surface area (Å²) in [5, 5.41) is 14.5. The van der Waals surface area contributed by atoms with E-state index in [1.54, 1.807) is 0 Å². The van der Waals surface area contributed by atoms with Gasteiger partial charge in [0.05, 0.1) is 44.1 Å². The Labute approximate surface area is 807 Å². The highest BCUT2D eigenvalue weighted by Gasteiger charge is 2.24. The fourth-order valence-corrected chi connectivity index (χ4v) is 21.7. The van der Waals surface area contributed by atoms with Crippen LogP contribution in [-0.4, -0.2) is 18.3 Å². The average molecular weight is 1790 g/mol. The summed E-state index contributed by atoms with van der Waals surface area (Å²) in [6.45, 7) is 0. The van der Waals surface area contributed by atoms with Crippen LogP contribution in [0.4, 0.5) is 34.1 Å². The Morgan fingerprint density at radius 2 is 0.364 bits per heavy atom. The lowest BCUT2D eigenvalue weighted by atomic mass is 10.0. The van der Waals surface area contributed by atoms with Crippen LogP contribution >= 0.6 is 0 Å². The van der Waals surface area contributed by atoms with Crippen LogP contribution in [0.15, 0.2) is 531 Å². The minimum Gasteiger partial charge on any atom is -0.455 e. The van der Waals surface area contributed by atoms with E-state index in [-0.39, 0.29) is 0 Å². The Balaban J connectivity index is 0.000000141. The van der Waals surface area contributed by atoms with E-state index < -0.39 is 0 Å². The lowest BCUT2D eigenvalue weighted by molar-refractivity contribution is 0.669. The summed E-state index contributed by atoms with van der Waals surface area (Å²) in [4.78, 5) is 4.70. The minimum absolute atomic E-state index is 0.900. The number of para-hydroxylation sites is 12. The minimum atomic E-state index is 0.900. The summed E-state index contributed by atoms with van der Waals surface area (Å²) in [6, 6.07) is 188. The van der Waals surface area contributed by atoms with Crippen LogP contribution in [0.3, 0.4) is 0 Å². The van der Waals surface area contributed by atoms with Gasteiger partial charge in [-0.05, 0) is 244 Å². The molecule has 140 heavy (non-hydrogen) atoms. The Hall–Kier alpha value is -18.8. The molecule has 656 valence electrons. The van der Waals surface area contributed by atoms with Crippen LogP contribution in [0, 0.1) is 0 Å². The van der Waals surface area contributed by atoms with Gasteiger partial charge < -0.3 is 36.9 Å². The number of furan rings is 2. The first kappa shape index (κ1) is 80.9. The molecule has 28 aromatic rings. The van der Waals surface area contributed by atoms with E-state index in [1.165, 1.54) is 109 Å². The number of hydrogen-bond donors (Lipinski definition) is 0. The molecule has 0 amide bonds. The van der Waals surface area contributed by atoms with Gasteiger partial charge >= 0.3 is 0 Å². The van der Waals surface area contributed by atoms with Gasteiger partial charge in [-0.2, -0.15) is 0 Å². The molecule has 6 aromatic heterocycles. The summed E-state index contributed by atoms with van der Waals surface area (Å²) in [7, 11) is 0. The summed E-state index contributed by atoms with van der Waals surface area (Å²) in [6.07, 6.45) is 0. The average Bonchev–Trinajstić information content (AvgIpc) is 1.60. The molecule has 0 bridgehead atoms. The summed E-state index contributed by atoms with van der Waals surface area (Å²) < 4.78 is 22.4. The SMILES string of the molecule is c1ccc(-n2c3ccccc3c3cc(-c4ccc(N(c5ccc(-c6ccc(-n7c8ccccc8c8ccccc87)cc6)cc5)c5ccc(-c6cccc7c6oc6ccccc67)cc5)cc4)ccc32)cc1.c1ccc(-n2c3ccccc3c3ccc(-c4ccc(N(c5ccc(-c6ccc(-n7c8ccccc8c8ccccc87)cc6)cc5)c5ccc(-c6cccc7c6oc6ccccc67)cc5)cc4)cc32)cc1. The second-order valence-corrected chi connectivity index (χ2v) is 36.2. The first-order valence-corrected chi connectivity index (χ1v) is 47.8. The zero-order chi connectivity index (χ0) is 92.2. The van der Waals surface area contributed by atoms with Crippen LogP contribution in [0.5, 0.6) is 0 Å². The van der Waals surface area contributed by atoms with Gasteiger partial charge in [0, 0.05) is 133 Å². The van der Waals surface area contributed by atoms with Gasteiger partial charge in [-0.3, -0.25) is 0 Å². The zero-order valence-corrected chi connectivity index (χ0v) is 76.2. The maximum absolute atomic E-state index is 6.46. The van der Waals surface area contributed by atoms with E-state index in [2.05, 4.69) is 526 Å². The molecule has 0 N–H and O–H groups in total. The molecule has 22 aromatic carbocycles. The largest absolute Gasteiger partial charge is 0.455 e. The van der Waals surface area contributed by atoms with Gasteiger partial charge in [0.15, 0.2) is 0 Å². The lowest BCUT2D eigenvalue weighted by Gasteiger charge is -2.26. The maximum atomic E-state index is 6.46. The molecule has 0 spiro atoms. The highest BCUT2D eigenvalue weighted by atomic mass is 16.3. The third-order valence-electron chi connectivity index (χ3n) is 28.3. The van der Waals surface area contributed by atoms with Crippen molar-refractivity contribution in [3.05, 3.63) is 522 Å². The zero-order valence-electron chi connectivity index (χ0n) is 76.2. The second kappa shape index (κ2) is 33.7. The predicted molar refractivity (Wildman–Crippen MR) is 587 cm³/mol. The first-order chi connectivity index (χ1) is 69.4. The Morgan fingerprint density at radius 1 is 0.136 bits per heavy atom. The molecule has 0 aliphatic heterocycles. The smallest absolute Gasteiger partial charge is 0.143 e. The fourth-order valence-electron chi connectivity index (χ4n) is 21.7. The van der Waals surface area contributed by atoms with Crippen molar-refractivity contribution in [2.24, 2.45) is 0 Å². The predicted octanol–water partition coefficient (Wildman–Crippen LogP) is 36.5. The highest BCUT2D eigenvalue weighted by molar-refractivity contribution is 6.16. The molecule has 0 fully saturated rings. The molecule has 0 saturated carbocycles. The third kappa shape index (κ3) is 13.8. The Bertz CT molecular complexity index is 9510. The van der Waals surface area contributed by atoms with Crippen molar-refractivity contribution in [3.63, 3.8) is 0 Å². The third-order valence-corrected chi connectivity index (χ3v) is 28.3. The monoisotopic (exact) mass is 1790 g/mol. The number of aromatic nitrogens is 4. The summed E-state index contributed by atoms with van der Waals surface area (Å²) >= 11 is 0. The van der Waals surface area contributed by atoms with Crippen molar-refractivity contribution in [3.8, 4) is 89.5 Å². The van der Waals surface area contributed by atoms with Crippen LogP contribution in [0.25, 0.3) is 221 Å². The number of anilines is 6. The van der Waals surface area contributed by atoms with Gasteiger partial charge in [0.2, 0.25) is 0 Å². The van der Waals surface area contributed by atoms with Crippen LogP contribution in [0.1, 0.15) is 0 Å². The quantitative estimate of drug-likeness (QED) is 0.0967. The molecule has 28 rings (SSSR count). The topological polar surface area (TPSA) is 52.5 Å². The molecule has 0 saturated heterocycles. The maximum Gasteiger partial charge on any atom is 0.143 e. The van der Waals surface area contributed by atoms with Crippen molar-refractivity contribution < 1.29 is 8.83 Å². The van der Waals surface area contributed by atoms with Crippen molar-refractivity contribution >= 4 is 165 Å². The van der Waals surface area contributed by atoms with E-state index >= 15 is 0 Å². The first-order valence-electron chi connectivity index (χ1n) is 47.8. The van der Waals surface area contributed by atoms with Crippen molar-refractivity contribution in [2.45, 2.75) is 0 Å². The molecule has 0 aliphatic rings. The molecule has 6 heterocycles. The molecule has 0 atom stereocenters. The van der Waals surface area contributed by atoms with E-state index in [0.29, 0.717) is 0 Å².